The number of aromatic amines is 1. The van der Waals surface area contributed by atoms with E-state index in [0.717, 1.165) is 26.7 Å². The maximum atomic E-state index is 13.6. The minimum atomic E-state index is -4.70. The summed E-state index contributed by atoms with van der Waals surface area (Å²) < 4.78 is 87.3. The van der Waals surface area contributed by atoms with Crippen molar-refractivity contribution in [1.82, 2.24) is 40.3 Å². The molecule has 11 nitrogen and oxygen atoms in total. The number of hydrogen-bond donors (Lipinski definition) is 3. The van der Waals surface area contributed by atoms with Crippen LogP contribution in [0.4, 0.5) is 31.1 Å². The van der Waals surface area contributed by atoms with E-state index in [4.69, 9.17) is 4.74 Å². The Hall–Kier alpha value is -3.89. The Kier molecular flexibility index (Phi) is 8.05. The Morgan fingerprint density at radius 2 is 1.86 bits per heavy atom. The molecular formula is C27H32F6N8O3. The number of fused-ring (bicyclic) bond motifs is 1. The molecule has 240 valence electrons. The second-order valence-electron chi connectivity index (χ2n) is 11.8. The molecule has 2 aromatic heterocycles. The van der Waals surface area contributed by atoms with Gasteiger partial charge in [-0.2, -0.15) is 31.4 Å². The van der Waals surface area contributed by atoms with E-state index in [1.165, 1.54) is 15.9 Å². The molecule has 5 rings (SSSR count). The highest BCUT2D eigenvalue weighted by Gasteiger charge is 2.51. The third kappa shape index (κ3) is 6.32. The first-order chi connectivity index (χ1) is 20.5. The highest BCUT2D eigenvalue weighted by Crippen LogP contribution is 2.46. The van der Waals surface area contributed by atoms with Crippen molar-refractivity contribution in [3.63, 3.8) is 0 Å². The van der Waals surface area contributed by atoms with Gasteiger partial charge in [-0.05, 0) is 64.2 Å². The van der Waals surface area contributed by atoms with Crippen LogP contribution in [0.15, 0.2) is 24.5 Å². The first-order valence-electron chi connectivity index (χ1n) is 14.0. The molecule has 0 radical (unpaired) electrons. The molecule has 0 bridgehead atoms. The number of alkyl halides is 6. The minimum Gasteiger partial charge on any atom is -0.364 e. The number of H-pyrrole nitrogens is 1. The van der Waals surface area contributed by atoms with Crippen LogP contribution in [0, 0.1) is 5.92 Å². The molecule has 3 N–H and O–H groups in total. The summed E-state index contributed by atoms with van der Waals surface area (Å²) in [5.41, 5.74) is -1.18. The van der Waals surface area contributed by atoms with Crippen molar-refractivity contribution in [1.29, 1.82) is 0 Å². The Morgan fingerprint density at radius 1 is 1.16 bits per heavy atom. The predicted molar refractivity (Wildman–Crippen MR) is 143 cm³/mol. The largest absolute Gasteiger partial charge is 0.416 e. The van der Waals surface area contributed by atoms with Crippen LogP contribution in [0.3, 0.4) is 0 Å². The first-order valence-corrected chi connectivity index (χ1v) is 14.0. The van der Waals surface area contributed by atoms with Gasteiger partial charge in [-0.1, -0.05) is 6.07 Å². The Labute approximate surface area is 247 Å². The fourth-order valence-electron chi connectivity index (χ4n) is 5.07. The lowest BCUT2D eigenvalue weighted by molar-refractivity contribution is -0.265. The predicted octanol–water partition coefficient (Wildman–Crippen LogP) is 4.97. The number of hydrogen-bond acceptors (Lipinski definition) is 6. The number of rotatable bonds is 10. The third-order valence-corrected chi connectivity index (χ3v) is 7.80. The van der Waals surface area contributed by atoms with Crippen molar-refractivity contribution in [3.8, 4) is 0 Å². The standard InChI is InChI=1S/C27H32F6N8O3/c1-13(2)41-22(34-12-35-41)23(42)38-18(11-44-25(3,4)27(31,32)33)21-36-16-8-7-15(9-17(16)37-21)20(14-5-6-14)40-10-19(26(28,29)30)39-24(40)43/h7-9,12-14,18-20H,5-6,10-11H2,1-4H3,(H,36,37)(H,38,42)(H,39,43)/t18-,19-,20+/m0/s1. The maximum absolute atomic E-state index is 13.6. The van der Waals surface area contributed by atoms with Gasteiger partial charge in [0, 0.05) is 6.04 Å². The fourth-order valence-corrected chi connectivity index (χ4v) is 5.07. The molecule has 2 fully saturated rings. The monoisotopic (exact) mass is 630 g/mol. The SMILES string of the molecule is CC(C)n1ncnc1C(=O)N[C@@H](COC(C)(C)C(F)(F)F)c1nc2cc([C@@H](C3CC3)N3C[C@@H](C(F)(F)F)NC3=O)ccc2[nH]1. The second-order valence-corrected chi connectivity index (χ2v) is 11.8. The van der Waals surface area contributed by atoms with Gasteiger partial charge in [-0.15, -0.1) is 0 Å². The van der Waals surface area contributed by atoms with E-state index in [1.54, 1.807) is 32.0 Å². The topological polar surface area (TPSA) is 130 Å². The highest BCUT2D eigenvalue weighted by atomic mass is 19.4. The number of nitrogens with zero attached hydrogens (tertiary/aromatic N) is 5. The Bertz CT molecular complexity index is 1530. The molecule has 3 aromatic rings. The van der Waals surface area contributed by atoms with Crippen molar-refractivity contribution in [2.45, 2.75) is 82.7 Å². The maximum Gasteiger partial charge on any atom is 0.416 e. The van der Waals surface area contributed by atoms with E-state index in [0.29, 0.717) is 16.6 Å². The molecule has 1 aliphatic heterocycles. The zero-order valence-electron chi connectivity index (χ0n) is 24.3. The van der Waals surface area contributed by atoms with Crippen LogP contribution < -0.4 is 10.6 Å². The number of benzene rings is 1. The molecule has 1 saturated heterocycles. The summed E-state index contributed by atoms with van der Waals surface area (Å²) >= 11 is 0. The van der Waals surface area contributed by atoms with Crippen molar-refractivity contribution in [2.75, 3.05) is 13.2 Å². The van der Waals surface area contributed by atoms with Gasteiger partial charge in [0.1, 0.15) is 24.2 Å². The van der Waals surface area contributed by atoms with Crippen LogP contribution in [-0.4, -0.2) is 78.7 Å². The molecule has 3 amide bonds. The average molecular weight is 631 g/mol. The van der Waals surface area contributed by atoms with Gasteiger partial charge in [0.25, 0.3) is 5.91 Å². The molecular weight excluding hydrogens is 598 g/mol. The third-order valence-electron chi connectivity index (χ3n) is 7.80. The summed E-state index contributed by atoms with van der Waals surface area (Å²) in [6.45, 7) is 4.13. The summed E-state index contributed by atoms with van der Waals surface area (Å²) in [6, 6.07) is 0.0855. The normalized spacial score (nSPS) is 19.5. The van der Waals surface area contributed by atoms with Gasteiger partial charge in [-0.3, -0.25) is 4.79 Å². The summed E-state index contributed by atoms with van der Waals surface area (Å²) in [5, 5.41) is 8.66. The van der Waals surface area contributed by atoms with Crippen molar-refractivity contribution < 1.29 is 40.7 Å². The molecule has 3 atom stereocenters. The van der Waals surface area contributed by atoms with Crippen LogP contribution in [0.2, 0.25) is 0 Å². The van der Waals surface area contributed by atoms with Gasteiger partial charge in [0.15, 0.2) is 5.60 Å². The van der Waals surface area contributed by atoms with E-state index in [9.17, 15) is 35.9 Å². The van der Waals surface area contributed by atoms with Gasteiger partial charge in [0.05, 0.1) is 30.2 Å². The summed E-state index contributed by atoms with van der Waals surface area (Å²) in [4.78, 5) is 38.4. The van der Waals surface area contributed by atoms with Gasteiger partial charge >= 0.3 is 18.4 Å². The molecule has 0 unspecified atom stereocenters. The van der Waals surface area contributed by atoms with Gasteiger partial charge < -0.3 is 25.3 Å². The Balaban J connectivity index is 1.45. The number of carbonyl (C=O) groups excluding carboxylic acids is 2. The van der Waals surface area contributed by atoms with E-state index in [2.05, 4.69) is 25.4 Å². The second kappa shape index (κ2) is 11.2. The zero-order valence-corrected chi connectivity index (χ0v) is 24.3. The van der Waals surface area contributed by atoms with Crippen molar-refractivity contribution >= 4 is 23.0 Å². The van der Waals surface area contributed by atoms with Crippen LogP contribution in [0.25, 0.3) is 11.0 Å². The zero-order chi connectivity index (χ0) is 32.2. The van der Waals surface area contributed by atoms with E-state index < -0.39 is 61.2 Å². The lowest BCUT2D eigenvalue weighted by atomic mass is 10.00. The molecule has 17 heteroatoms. The number of amides is 3. The fraction of sp³-hybridized carbons (Fsp3) is 0.593. The van der Waals surface area contributed by atoms with Crippen molar-refractivity contribution in [2.24, 2.45) is 5.92 Å². The minimum absolute atomic E-state index is 0.0352. The molecule has 2 aliphatic rings. The molecule has 1 aliphatic carbocycles. The highest BCUT2D eigenvalue weighted by molar-refractivity contribution is 5.91. The van der Waals surface area contributed by atoms with E-state index in [1.807, 2.05) is 5.32 Å². The quantitative estimate of drug-likeness (QED) is 0.271. The number of nitrogens with one attached hydrogen (secondary N) is 3. The molecule has 0 spiro atoms. The lowest BCUT2D eigenvalue weighted by Crippen LogP contribution is -2.44. The van der Waals surface area contributed by atoms with Crippen LogP contribution in [0.1, 0.15) is 80.7 Å². The summed E-state index contributed by atoms with van der Waals surface area (Å²) in [5.74, 6) is -0.735. The lowest BCUT2D eigenvalue weighted by Gasteiger charge is -2.30. The van der Waals surface area contributed by atoms with Crippen LogP contribution in [-0.2, 0) is 4.74 Å². The van der Waals surface area contributed by atoms with E-state index >= 15 is 0 Å². The molecule has 44 heavy (non-hydrogen) atoms. The summed E-state index contributed by atoms with van der Waals surface area (Å²) in [7, 11) is 0. The van der Waals surface area contributed by atoms with Crippen molar-refractivity contribution in [3.05, 3.63) is 41.7 Å². The molecule has 1 aromatic carbocycles. The van der Waals surface area contributed by atoms with Crippen LogP contribution in [0.5, 0.6) is 0 Å². The van der Waals surface area contributed by atoms with Crippen LogP contribution >= 0.6 is 0 Å². The van der Waals surface area contributed by atoms with Gasteiger partial charge in [-0.25, -0.2) is 19.4 Å². The molecule has 3 heterocycles. The molecule has 1 saturated carbocycles. The first kappa shape index (κ1) is 31.5. The number of ether oxygens (including phenoxy) is 1. The Morgan fingerprint density at radius 3 is 2.45 bits per heavy atom. The number of urea groups is 1. The number of imidazole rings is 1. The van der Waals surface area contributed by atoms with Gasteiger partial charge in [0.2, 0.25) is 5.82 Å². The number of carbonyl (C=O) groups is 2. The average Bonchev–Trinajstić information content (AvgIpc) is 3.30. The number of aromatic nitrogens is 5. The van der Waals surface area contributed by atoms with E-state index in [-0.39, 0.29) is 23.6 Å². The smallest absolute Gasteiger partial charge is 0.364 e. The summed E-state index contributed by atoms with van der Waals surface area (Å²) in [6.07, 6.45) is -6.65. The number of halogens is 6.